The lowest BCUT2D eigenvalue weighted by Crippen LogP contribution is -2.47. The maximum absolute atomic E-state index is 12.7. The van der Waals surface area contributed by atoms with Gasteiger partial charge in [-0.3, -0.25) is 14.9 Å². The molecule has 1 spiro atoms. The lowest BCUT2D eigenvalue weighted by Gasteiger charge is -2.44. The van der Waals surface area contributed by atoms with E-state index in [9.17, 15) is 14.9 Å². The summed E-state index contributed by atoms with van der Waals surface area (Å²) >= 11 is 3.25. The van der Waals surface area contributed by atoms with E-state index < -0.39 is 4.92 Å². The highest BCUT2D eigenvalue weighted by Gasteiger charge is 2.37. The Labute approximate surface area is 143 Å². The Morgan fingerprint density at radius 3 is 2.43 bits per heavy atom. The van der Waals surface area contributed by atoms with Crippen LogP contribution in [0.25, 0.3) is 0 Å². The summed E-state index contributed by atoms with van der Waals surface area (Å²) in [5.74, 6) is -0.113. The Morgan fingerprint density at radius 1 is 1.17 bits per heavy atom. The van der Waals surface area contributed by atoms with Gasteiger partial charge >= 0.3 is 0 Å². The minimum Gasteiger partial charge on any atom is -0.339 e. The first-order valence-corrected chi connectivity index (χ1v) is 8.73. The summed E-state index contributed by atoms with van der Waals surface area (Å²) in [6.07, 6.45) is 4.40. The molecule has 0 saturated carbocycles. The minimum atomic E-state index is -0.470. The molecular weight excluding hydrogens is 362 g/mol. The summed E-state index contributed by atoms with van der Waals surface area (Å²) in [4.78, 5) is 25.0. The van der Waals surface area contributed by atoms with Crippen LogP contribution in [0.5, 0.6) is 0 Å². The zero-order chi connectivity index (χ0) is 16.4. The number of nitro benzene ring substituents is 1. The van der Waals surface area contributed by atoms with Crippen LogP contribution < -0.4 is 5.32 Å². The van der Waals surface area contributed by atoms with Crippen molar-refractivity contribution in [2.75, 3.05) is 26.2 Å². The number of hydrogen-bond donors (Lipinski definition) is 1. The van der Waals surface area contributed by atoms with Crippen molar-refractivity contribution in [2.24, 2.45) is 5.41 Å². The van der Waals surface area contributed by atoms with Crippen molar-refractivity contribution in [1.29, 1.82) is 0 Å². The van der Waals surface area contributed by atoms with Gasteiger partial charge in [-0.2, -0.15) is 0 Å². The predicted molar refractivity (Wildman–Crippen MR) is 90.5 cm³/mol. The van der Waals surface area contributed by atoms with E-state index in [4.69, 9.17) is 0 Å². The number of non-ortho nitro benzene ring substituents is 1. The van der Waals surface area contributed by atoms with Crippen molar-refractivity contribution in [3.8, 4) is 0 Å². The van der Waals surface area contributed by atoms with E-state index >= 15 is 0 Å². The summed E-state index contributed by atoms with van der Waals surface area (Å²) in [5, 5.41) is 14.4. The second-order valence-electron chi connectivity index (χ2n) is 6.50. The van der Waals surface area contributed by atoms with Gasteiger partial charge in [0.1, 0.15) is 0 Å². The number of nitro groups is 1. The molecule has 1 N–H and O–H groups in total. The van der Waals surface area contributed by atoms with E-state index in [-0.39, 0.29) is 11.6 Å². The van der Waals surface area contributed by atoms with Gasteiger partial charge in [0, 0.05) is 35.3 Å². The van der Waals surface area contributed by atoms with Gasteiger partial charge < -0.3 is 10.2 Å². The van der Waals surface area contributed by atoms with E-state index in [0.29, 0.717) is 15.5 Å². The van der Waals surface area contributed by atoms with Crippen molar-refractivity contribution >= 4 is 27.5 Å². The SMILES string of the molecule is O=C(c1cc(Br)cc([N+](=O)[O-])c1)N1CCC2(CCNCC2)CC1. The molecule has 0 unspecified atom stereocenters. The van der Waals surface area contributed by atoms with E-state index in [0.717, 1.165) is 39.0 Å². The van der Waals surface area contributed by atoms with Crippen molar-refractivity contribution < 1.29 is 9.72 Å². The number of nitrogens with zero attached hydrogens (tertiary/aromatic N) is 2. The largest absolute Gasteiger partial charge is 0.339 e. The second-order valence-corrected chi connectivity index (χ2v) is 7.41. The molecule has 2 aliphatic rings. The fourth-order valence-corrected chi connectivity index (χ4v) is 4.11. The Balaban J connectivity index is 1.71. The molecular formula is C16H20BrN3O3. The highest BCUT2D eigenvalue weighted by molar-refractivity contribution is 9.10. The maximum Gasteiger partial charge on any atom is 0.271 e. The van der Waals surface area contributed by atoms with Crippen molar-refractivity contribution in [3.63, 3.8) is 0 Å². The standard InChI is InChI=1S/C16H20BrN3O3/c17-13-9-12(10-14(11-13)20(22)23)15(21)19-7-3-16(4-8-19)1-5-18-6-2-16/h9-11,18H,1-8H2. The lowest BCUT2D eigenvalue weighted by atomic mass is 9.71. The number of nitrogens with one attached hydrogen (secondary N) is 1. The molecule has 2 saturated heterocycles. The molecule has 0 atom stereocenters. The fourth-order valence-electron chi connectivity index (χ4n) is 3.63. The Bertz CT molecular complexity index is 619. The molecule has 0 bridgehead atoms. The zero-order valence-electron chi connectivity index (χ0n) is 12.9. The molecule has 1 aromatic rings. The van der Waals surface area contributed by atoms with Gasteiger partial charge in [-0.25, -0.2) is 0 Å². The molecule has 23 heavy (non-hydrogen) atoms. The van der Waals surface area contributed by atoms with Crippen LogP contribution in [0.15, 0.2) is 22.7 Å². The average Bonchev–Trinajstić information content (AvgIpc) is 2.55. The number of halogens is 1. The van der Waals surface area contributed by atoms with Gasteiger partial charge in [-0.1, -0.05) is 15.9 Å². The number of likely N-dealkylation sites (tertiary alicyclic amines) is 1. The first-order chi connectivity index (χ1) is 11.0. The van der Waals surface area contributed by atoms with Crippen molar-refractivity contribution in [2.45, 2.75) is 25.7 Å². The minimum absolute atomic E-state index is 0.0606. The number of benzene rings is 1. The van der Waals surface area contributed by atoms with Crippen LogP contribution >= 0.6 is 15.9 Å². The second kappa shape index (κ2) is 6.57. The summed E-state index contributed by atoms with van der Waals surface area (Å²) in [6.45, 7) is 3.59. The lowest BCUT2D eigenvalue weighted by molar-refractivity contribution is -0.385. The van der Waals surface area contributed by atoms with E-state index in [1.165, 1.54) is 25.0 Å². The molecule has 1 amide bonds. The van der Waals surface area contributed by atoms with E-state index in [1.807, 2.05) is 4.90 Å². The van der Waals surface area contributed by atoms with E-state index in [2.05, 4.69) is 21.2 Å². The van der Waals surface area contributed by atoms with E-state index in [1.54, 1.807) is 6.07 Å². The van der Waals surface area contributed by atoms with Gasteiger partial charge in [-0.05, 0) is 50.3 Å². The summed E-state index contributed by atoms with van der Waals surface area (Å²) < 4.78 is 0.557. The third-order valence-corrected chi connectivity index (χ3v) is 5.57. The molecule has 0 radical (unpaired) electrons. The quantitative estimate of drug-likeness (QED) is 0.630. The number of rotatable bonds is 2. The fraction of sp³-hybridized carbons (Fsp3) is 0.562. The number of carbonyl (C=O) groups excluding carboxylic acids is 1. The topological polar surface area (TPSA) is 75.5 Å². The molecule has 2 aliphatic heterocycles. The first-order valence-electron chi connectivity index (χ1n) is 7.94. The molecule has 2 heterocycles. The number of carbonyl (C=O) groups is 1. The van der Waals surface area contributed by atoms with Crippen LogP contribution in [0.2, 0.25) is 0 Å². The van der Waals surface area contributed by atoms with Crippen molar-refractivity contribution in [1.82, 2.24) is 10.2 Å². The highest BCUT2D eigenvalue weighted by Crippen LogP contribution is 2.39. The Morgan fingerprint density at radius 2 is 1.83 bits per heavy atom. The predicted octanol–water partition coefficient (Wildman–Crippen LogP) is 2.96. The molecule has 0 aromatic heterocycles. The summed E-state index contributed by atoms with van der Waals surface area (Å²) in [7, 11) is 0. The monoisotopic (exact) mass is 381 g/mol. The number of amides is 1. The van der Waals surface area contributed by atoms with Gasteiger partial charge in [0.2, 0.25) is 0 Å². The van der Waals surface area contributed by atoms with Crippen LogP contribution in [0.1, 0.15) is 36.0 Å². The average molecular weight is 382 g/mol. The Kier molecular flexibility index (Phi) is 4.68. The maximum atomic E-state index is 12.7. The molecule has 6 nitrogen and oxygen atoms in total. The molecule has 0 aliphatic carbocycles. The third kappa shape index (κ3) is 3.55. The number of hydrogen-bond acceptors (Lipinski definition) is 4. The van der Waals surface area contributed by atoms with Crippen molar-refractivity contribution in [3.05, 3.63) is 38.3 Å². The third-order valence-electron chi connectivity index (χ3n) is 5.12. The van der Waals surface area contributed by atoms with Gasteiger partial charge in [0.05, 0.1) is 4.92 Å². The van der Waals surface area contributed by atoms with Crippen LogP contribution in [-0.4, -0.2) is 41.9 Å². The molecule has 124 valence electrons. The summed E-state index contributed by atoms with van der Waals surface area (Å²) in [6, 6.07) is 4.43. The van der Waals surface area contributed by atoms with Gasteiger partial charge in [-0.15, -0.1) is 0 Å². The molecule has 1 aromatic carbocycles. The van der Waals surface area contributed by atoms with Crippen LogP contribution in [0, 0.1) is 15.5 Å². The smallest absolute Gasteiger partial charge is 0.271 e. The van der Waals surface area contributed by atoms with Crippen LogP contribution in [-0.2, 0) is 0 Å². The first kappa shape index (κ1) is 16.4. The van der Waals surface area contributed by atoms with Gasteiger partial charge in [0.25, 0.3) is 11.6 Å². The molecule has 7 heteroatoms. The summed E-state index contributed by atoms with van der Waals surface area (Å²) in [5.41, 5.74) is 0.701. The zero-order valence-corrected chi connectivity index (χ0v) is 14.5. The van der Waals surface area contributed by atoms with Crippen LogP contribution in [0.4, 0.5) is 5.69 Å². The van der Waals surface area contributed by atoms with Gasteiger partial charge in [0.15, 0.2) is 0 Å². The Hall–Kier alpha value is -1.47. The molecule has 3 rings (SSSR count). The van der Waals surface area contributed by atoms with Crippen LogP contribution in [0.3, 0.4) is 0 Å². The highest BCUT2D eigenvalue weighted by atomic mass is 79.9. The molecule has 2 fully saturated rings. The number of piperidine rings is 2. The normalized spacial score (nSPS) is 20.5.